The maximum atomic E-state index is 12.8. The van der Waals surface area contributed by atoms with Crippen LogP contribution in [-0.4, -0.2) is 26.5 Å². The first kappa shape index (κ1) is 18.3. The first-order valence-electron chi connectivity index (χ1n) is 7.71. The molecule has 2 aromatic heterocycles. The van der Waals surface area contributed by atoms with Crippen LogP contribution in [0.2, 0.25) is 0 Å². The Balaban J connectivity index is 2.01. The van der Waals surface area contributed by atoms with Crippen LogP contribution in [-0.2, 0) is 17.8 Å². The molecule has 0 aliphatic rings. The Bertz CT molecular complexity index is 1070. The van der Waals surface area contributed by atoms with Gasteiger partial charge < -0.3 is 10.4 Å². The fourth-order valence-corrected chi connectivity index (χ4v) is 3.86. The minimum atomic E-state index is -1.19. The van der Waals surface area contributed by atoms with Crippen LogP contribution in [0, 0.1) is 0 Å². The zero-order chi connectivity index (χ0) is 18.8. The lowest BCUT2D eigenvalue weighted by Gasteiger charge is -2.12. The van der Waals surface area contributed by atoms with E-state index in [2.05, 4.69) is 26.2 Å². The van der Waals surface area contributed by atoms with E-state index in [1.807, 2.05) is 13.0 Å². The number of nitrogens with one attached hydrogen (secondary N) is 1. The second-order valence-corrected chi connectivity index (χ2v) is 7.15. The van der Waals surface area contributed by atoms with E-state index in [1.165, 1.54) is 9.95 Å². The summed E-state index contributed by atoms with van der Waals surface area (Å²) in [7, 11) is 0. The normalized spacial score (nSPS) is 10.8. The minimum absolute atomic E-state index is 0.0355. The molecule has 9 heteroatoms. The van der Waals surface area contributed by atoms with Crippen molar-refractivity contribution in [2.75, 3.05) is 5.32 Å². The number of benzene rings is 1. The van der Waals surface area contributed by atoms with Crippen LogP contribution in [0.4, 0.5) is 5.69 Å². The quantitative estimate of drug-likeness (QED) is 0.640. The van der Waals surface area contributed by atoms with Crippen LogP contribution >= 0.6 is 27.3 Å². The van der Waals surface area contributed by atoms with Gasteiger partial charge in [-0.25, -0.2) is 9.78 Å². The highest BCUT2D eigenvalue weighted by Gasteiger charge is 2.20. The largest absolute Gasteiger partial charge is 0.478 e. The van der Waals surface area contributed by atoms with Crippen LogP contribution in [0.1, 0.15) is 23.1 Å². The molecule has 0 saturated heterocycles. The number of carboxylic acids is 1. The summed E-state index contributed by atoms with van der Waals surface area (Å²) in [4.78, 5) is 41.3. The van der Waals surface area contributed by atoms with Gasteiger partial charge in [0.2, 0.25) is 5.91 Å². The highest BCUT2D eigenvalue weighted by molar-refractivity contribution is 9.10. The van der Waals surface area contributed by atoms with Crippen molar-refractivity contribution >= 4 is 55.0 Å². The molecule has 2 N–H and O–H groups in total. The summed E-state index contributed by atoms with van der Waals surface area (Å²) in [5.41, 5.74) is -0.0303. The number of carboxylic acid groups (broad SMARTS) is 1. The zero-order valence-corrected chi connectivity index (χ0v) is 16.1. The van der Waals surface area contributed by atoms with Crippen molar-refractivity contribution < 1.29 is 14.7 Å². The smallest absolute Gasteiger partial charge is 0.337 e. The van der Waals surface area contributed by atoms with Crippen molar-refractivity contribution in [2.24, 2.45) is 0 Å². The van der Waals surface area contributed by atoms with Crippen molar-refractivity contribution in [3.8, 4) is 0 Å². The Morgan fingerprint density at radius 3 is 2.73 bits per heavy atom. The number of carbonyl (C=O) groups is 2. The lowest BCUT2D eigenvalue weighted by Crippen LogP contribution is -2.31. The molecule has 1 amide bonds. The number of aryl methyl sites for hydroxylation is 1. The Labute approximate surface area is 160 Å². The molecule has 0 aliphatic heterocycles. The van der Waals surface area contributed by atoms with E-state index >= 15 is 0 Å². The third-order valence-corrected chi connectivity index (χ3v) is 5.33. The van der Waals surface area contributed by atoms with E-state index in [4.69, 9.17) is 0 Å². The van der Waals surface area contributed by atoms with Crippen LogP contribution in [0.25, 0.3) is 10.2 Å². The molecule has 26 heavy (non-hydrogen) atoms. The van der Waals surface area contributed by atoms with Gasteiger partial charge in [0.25, 0.3) is 5.56 Å². The van der Waals surface area contributed by atoms with Crippen LogP contribution in [0.15, 0.2) is 38.9 Å². The van der Waals surface area contributed by atoms with E-state index in [0.717, 1.165) is 15.8 Å². The number of para-hydroxylation sites is 1. The highest BCUT2D eigenvalue weighted by Crippen LogP contribution is 2.23. The summed E-state index contributed by atoms with van der Waals surface area (Å²) in [6, 6.07) is 7.12. The third-order valence-electron chi connectivity index (χ3n) is 3.77. The second-order valence-electron chi connectivity index (χ2n) is 5.44. The second kappa shape index (κ2) is 7.38. The number of fused-ring (bicyclic) bond motifs is 1. The number of amides is 1. The number of thiophene rings is 1. The number of aromatic nitrogens is 2. The molecule has 134 valence electrons. The van der Waals surface area contributed by atoms with Gasteiger partial charge in [-0.3, -0.25) is 14.2 Å². The molecule has 0 unspecified atom stereocenters. The van der Waals surface area contributed by atoms with Crippen molar-refractivity contribution in [1.29, 1.82) is 0 Å². The number of anilines is 1. The van der Waals surface area contributed by atoms with Gasteiger partial charge in [-0.1, -0.05) is 19.1 Å². The molecule has 0 bridgehead atoms. The summed E-state index contributed by atoms with van der Waals surface area (Å²) in [5, 5.41) is 13.4. The predicted octanol–water partition coefficient (Wildman–Crippen LogP) is 3.12. The van der Waals surface area contributed by atoms with Gasteiger partial charge in [-0.15, -0.1) is 11.3 Å². The summed E-state index contributed by atoms with van der Waals surface area (Å²) >= 11 is 4.45. The Morgan fingerprint density at radius 1 is 1.35 bits per heavy atom. The molecule has 2 heterocycles. The van der Waals surface area contributed by atoms with Crippen molar-refractivity contribution in [3.05, 3.63) is 55.9 Å². The third kappa shape index (κ3) is 3.40. The van der Waals surface area contributed by atoms with E-state index in [-0.39, 0.29) is 17.5 Å². The summed E-state index contributed by atoms with van der Waals surface area (Å²) in [6.07, 6.45) is 0.438. The molecule has 3 aromatic rings. The molecule has 0 aliphatic carbocycles. The van der Waals surface area contributed by atoms with Gasteiger partial charge in [-0.05, 0) is 28.1 Å². The summed E-state index contributed by atoms with van der Waals surface area (Å²) < 4.78 is 1.95. The van der Waals surface area contributed by atoms with Gasteiger partial charge >= 0.3 is 5.97 Å². The van der Waals surface area contributed by atoms with Crippen molar-refractivity contribution in [2.45, 2.75) is 19.9 Å². The number of nitrogens with zero attached hydrogens (tertiary/aromatic N) is 2. The summed E-state index contributed by atoms with van der Waals surface area (Å²) in [6.45, 7) is 1.57. The van der Waals surface area contributed by atoms with Gasteiger partial charge in [0.15, 0.2) is 0 Å². The molecule has 7 nitrogen and oxygen atoms in total. The van der Waals surface area contributed by atoms with E-state index in [0.29, 0.717) is 22.8 Å². The first-order valence-corrected chi connectivity index (χ1v) is 9.38. The molecule has 0 fully saturated rings. The number of rotatable bonds is 5. The Kier molecular flexibility index (Phi) is 5.19. The topological polar surface area (TPSA) is 101 Å². The van der Waals surface area contributed by atoms with E-state index in [1.54, 1.807) is 18.2 Å². The molecule has 3 rings (SSSR count). The van der Waals surface area contributed by atoms with Crippen LogP contribution < -0.4 is 10.9 Å². The number of carbonyl (C=O) groups excluding carboxylic acids is 1. The monoisotopic (exact) mass is 435 g/mol. The highest BCUT2D eigenvalue weighted by atomic mass is 79.9. The molecular formula is C17H14BrN3O4S. The summed E-state index contributed by atoms with van der Waals surface area (Å²) in [5.74, 6) is -1.16. The lowest BCUT2D eigenvalue weighted by atomic mass is 10.2. The minimum Gasteiger partial charge on any atom is -0.478 e. The van der Waals surface area contributed by atoms with Crippen molar-refractivity contribution in [3.63, 3.8) is 0 Å². The van der Waals surface area contributed by atoms with E-state index in [9.17, 15) is 19.5 Å². The predicted molar refractivity (Wildman–Crippen MR) is 103 cm³/mol. The van der Waals surface area contributed by atoms with Gasteiger partial charge in [0.05, 0.1) is 16.6 Å². The fraction of sp³-hybridized carbons (Fsp3) is 0.176. The van der Waals surface area contributed by atoms with Gasteiger partial charge in [-0.2, -0.15) is 0 Å². The number of hydrogen-bond donors (Lipinski definition) is 2. The Hall–Kier alpha value is -2.52. The molecule has 0 spiro atoms. The molecule has 0 atom stereocenters. The molecule has 1 aromatic carbocycles. The van der Waals surface area contributed by atoms with Gasteiger partial charge in [0.1, 0.15) is 17.2 Å². The fourth-order valence-electron chi connectivity index (χ4n) is 2.55. The zero-order valence-electron chi connectivity index (χ0n) is 13.7. The SMILES string of the molecule is CCc1nc2scc(C(=O)O)c2c(=O)n1CC(=O)Nc1ccccc1Br. The molecular weight excluding hydrogens is 422 g/mol. The molecule has 0 radical (unpaired) electrons. The lowest BCUT2D eigenvalue weighted by molar-refractivity contribution is -0.116. The van der Waals surface area contributed by atoms with E-state index < -0.39 is 17.4 Å². The first-order chi connectivity index (χ1) is 12.4. The Morgan fingerprint density at radius 2 is 2.08 bits per heavy atom. The standard InChI is InChI=1S/C17H14BrN3O4S/c1-2-12-20-15-14(9(8-26-15)17(24)25)16(23)21(12)7-13(22)19-11-6-4-3-5-10(11)18/h3-6,8H,2,7H2,1H3,(H,19,22)(H,24,25). The average Bonchev–Trinajstić information content (AvgIpc) is 3.03. The van der Waals surface area contributed by atoms with Crippen LogP contribution in [0.3, 0.4) is 0 Å². The number of halogens is 1. The van der Waals surface area contributed by atoms with Crippen LogP contribution in [0.5, 0.6) is 0 Å². The maximum absolute atomic E-state index is 12.8. The maximum Gasteiger partial charge on any atom is 0.337 e. The van der Waals surface area contributed by atoms with Crippen molar-refractivity contribution in [1.82, 2.24) is 9.55 Å². The van der Waals surface area contributed by atoms with Gasteiger partial charge in [0, 0.05) is 16.3 Å². The number of hydrogen-bond acceptors (Lipinski definition) is 5. The average molecular weight is 436 g/mol. The number of aromatic carboxylic acids is 1. The molecule has 0 saturated carbocycles.